The number of nitrogens with one attached hydrogen (secondary N) is 1. The minimum atomic E-state index is 0.147. The van der Waals surface area contributed by atoms with Crippen LogP contribution in [0.2, 0.25) is 5.02 Å². The Morgan fingerprint density at radius 3 is 2.81 bits per heavy atom. The summed E-state index contributed by atoms with van der Waals surface area (Å²) in [5.41, 5.74) is 4.10. The molecule has 7 nitrogen and oxygen atoms in total. The standard InChI is InChI=1S/C27H29ClN6OS/c1-34(2)27(35)15-16-36-25(7-4-8-26-30-32-33-31-26)21-6-3-5-19(17-21)9-13-23-14-11-20-10-12-22(28)18-24(20)29-23/h3,5-6,9-14,17-18,25H,4,7-8,15-16H2,1-2H3,(H,30,31,32,33). The number of nitrogens with zero attached hydrogens (tertiary/aromatic N) is 5. The van der Waals surface area contributed by atoms with Gasteiger partial charge in [0.05, 0.1) is 11.2 Å². The molecule has 0 aliphatic carbocycles. The van der Waals surface area contributed by atoms with Crippen LogP contribution in [-0.4, -0.2) is 56.3 Å². The molecule has 0 aliphatic rings. The molecule has 1 unspecified atom stereocenters. The summed E-state index contributed by atoms with van der Waals surface area (Å²) >= 11 is 7.96. The molecule has 0 fully saturated rings. The van der Waals surface area contributed by atoms with Crippen LogP contribution in [0.4, 0.5) is 0 Å². The SMILES string of the molecule is CN(C)C(=O)CCSC(CCCc1nn[nH]n1)c1cccc(C=Cc2ccc3ccc(Cl)cc3n2)c1. The fourth-order valence-corrected chi connectivity index (χ4v) is 5.25. The number of aromatic amines is 1. The van der Waals surface area contributed by atoms with E-state index in [-0.39, 0.29) is 11.2 Å². The zero-order valence-electron chi connectivity index (χ0n) is 20.4. The fraction of sp³-hybridized carbons (Fsp3) is 0.296. The van der Waals surface area contributed by atoms with Gasteiger partial charge in [0.25, 0.3) is 0 Å². The first-order valence-electron chi connectivity index (χ1n) is 11.9. The number of benzene rings is 2. The largest absolute Gasteiger partial charge is 0.349 e. The number of carbonyl (C=O) groups excluding carboxylic acids is 1. The molecular formula is C27H29ClN6OS. The van der Waals surface area contributed by atoms with E-state index < -0.39 is 0 Å². The van der Waals surface area contributed by atoms with Crippen molar-refractivity contribution < 1.29 is 4.79 Å². The Bertz CT molecular complexity index is 1330. The van der Waals surface area contributed by atoms with Gasteiger partial charge in [0.1, 0.15) is 0 Å². The first-order chi connectivity index (χ1) is 17.5. The number of thioether (sulfide) groups is 1. The third-order valence-corrected chi connectivity index (χ3v) is 7.38. The monoisotopic (exact) mass is 520 g/mol. The normalized spacial score (nSPS) is 12.3. The van der Waals surface area contributed by atoms with Crippen molar-refractivity contribution >= 4 is 52.3 Å². The molecule has 36 heavy (non-hydrogen) atoms. The smallest absolute Gasteiger partial charge is 0.222 e. The molecule has 4 rings (SSSR count). The van der Waals surface area contributed by atoms with E-state index in [4.69, 9.17) is 16.6 Å². The molecule has 2 aromatic carbocycles. The van der Waals surface area contributed by atoms with E-state index in [1.807, 2.05) is 42.1 Å². The highest BCUT2D eigenvalue weighted by Crippen LogP contribution is 2.35. The number of tetrazole rings is 1. The van der Waals surface area contributed by atoms with Crippen LogP contribution in [-0.2, 0) is 11.2 Å². The first-order valence-corrected chi connectivity index (χ1v) is 13.3. The Hall–Kier alpha value is -3.23. The summed E-state index contributed by atoms with van der Waals surface area (Å²) in [7, 11) is 3.59. The molecule has 2 heterocycles. The highest BCUT2D eigenvalue weighted by atomic mass is 35.5. The minimum absolute atomic E-state index is 0.147. The zero-order valence-corrected chi connectivity index (χ0v) is 22.0. The summed E-state index contributed by atoms with van der Waals surface area (Å²) < 4.78 is 0. The summed E-state index contributed by atoms with van der Waals surface area (Å²) in [6, 6.07) is 18.3. The topological polar surface area (TPSA) is 87.7 Å². The van der Waals surface area contributed by atoms with Gasteiger partial charge in [-0.15, -0.1) is 10.2 Å². The van der Waals surface area contributed by atoms with Crippen molar-refractivity contribution in [1.82, 2.24) is 30.5 Å². The number of aromatic nitrogens is 5. The van der Waals surface area contributed by atoms with Crippen LogP contribution in [0.25, 0.3) is 23.1 Å². The van der Waals surface area contributed by atoms with E-state index in [1.165, 1.54) is 5.56 Å². The number of hydrogen-bond acceptors (Lipinski definition) is 6. The van der Waals surface area contributed by atoms with Crippen molar-refractivity contribution in [3.8, 4) is 0 Å². The zero-order chi connectivity index (χ0) is 25.3. The summed E-state index contributed by atoms with van der Waals surface area (Å²) in [5, 5.41) is 16.3. The molecule has 1 N–H and O–H groups in total. The Morgan fingerprint density at radius 2 is 2.00 bits per heavy atom. The second-order valence-corrected chi connectivity index (χ2v) is 10.4. The second kappa shape index (κ2) is 12.6. The van der Waals surface area contributed by atoms with Gasteiger partial charge in [0.15, 0.2) is 5.82 Å². The summed E-state index contributed by atoms with van der Waals surface area (Å²) in [6.07, 6.45) is 7.28. The maximum absolute atomic E-state index is 12.1. The van der Waals surface area contributed by atoms with Gasteiger partial charge in [-0.2, -0.15) is 17.0 Å². The predicted octanol–water partition coefficient (Wildman–Crippen LogP) is 5.85. The molecule has 0 radical (unpaired) electrons. The van der Waals surface area contributed by atoms with Crippen LogP contribution in [0.5, 0.6) is 0 Å². The fourth-order valence-electron chi connectivity index (χ4n) is 3.84. The Labute approximate surface area is 220 Å². The van der Waals surface area contributed by atoms with E-state index in [9.17, 15) is 4.79 Å². The molecule has 0 saturated carbocycles. The number of H-pyrrole nitrogens is 1. The van der Waals surface area contributed by atoms with Crippen LogP contribution in [0, 0.1) is 0 Å². The lowest BCUT2D eigenvalue weighted by Gasteiger charge is -2.18. The number of rotatable bonds is 11. The molecule has 2 aromatic heterocycles. The van der Waals surface area contributed by atoms with Crippen molar-refractivity contribution in [2.24, 2.45) is 0 Å². The number of amides is 1. The molecule has 0 spiro atoms. The molecule has 1 amide bonds. The van der Waals surface area contributed by atoms with E-state index in [2.05, 4.69) is 57.0 Å². The highest BCUT2D eigenvalue weighted by molar-refractivity contribution is 7.99. The summed E-state index contributed by atoms with van der Waals surface area (Å²) in [6.45, 7) is 0. The molecular weight excluding hydrogens is 492 g/mol. The molecule has 1 atom stereocenters. The van der Waals surface area contributed by atoms with E-state index >= 15 is 0 Å². The maximum atomic E-state index is 12.1. The molecule has 4 aromatic rings. The van der Waals surface area contributed by atoms with Crippen molar-refractivity contribution in [2.75, 3.05) is 19.8 Å². The Morgan fingerprint density at radius 1 is 1.14 bits per heavy atom. The van der Waals surface area contributed by atoms with Crippen LogP contribution in [0.15, 0.2) is 54.6 Å². The maximum Gasteiger partial charge on any atom is 0.222 e. The van der Waals surface area contributed by atoms with Crippen LogP contribution >= 0.6 is 23.4 Å². The lowest BCUT2D eigenvalue weighted by Crippen LogP contribution is -2.21. The average molecular weight is 521 g/mol. The lowest BCUT2D eigenvalue weighted by atomic mass is 10.0. The predicted molar refractivity (Wildman–Crippen MR) is 148 cm³/mol. The van der Waals surface area contributed by atoms with E-state index in [1.54, 1.807) is 19.0 Å². The number of aryl methyl sites for hydroxylation is 1. The summed E-state index contributed by atoms with van der Waals surface area (Å²) in [4.78, 5) is 18.4. The highest BCUT2D eigenvalue weighted by Gasteiger charge is 2.15. The summed E-state index contributed by atoms with van der Waals surface area (Å²) in [5.74, 6) is 1.64. The molecule has 0 saturated heterocycles. The number of hydrogen-bond donors (Lipinski definition) is 1. The Kier molecular flexibility index (Phi) is 9.08. The first kappa shape index (κ1) is 25.9. The van der Waals surface area contributed by atoms with Gasteiger partial charge in [0.2, 0.25) is 5.91 Å². The van der Waals surface area contributed by atoms with Crippen molar-refractivity contribution in [3.63, 3.8) is 0 Å². The minimum Gasteiger partial charge on any atom is -0.349 e. The average Bonchev–Trinajstić information content (AvgIpc) is 3.40. The van der Waals surface area contributed by atoms with E-state index in [0.717, 1.165) is 53.0 Å². The molecule has 186 valence electrons. The number of fused-ring (bicyclic) bond motifs is 1. The van der Waals surface area contributed by atoms with Crippen molar-refractivity contribution in [1.29, 1.82) is 0 Å². The third kappa shape index (κ3) is 7.38. The van der Waals surface area contributed by atoms with Gasteiger partial charge in [-0.25, -0.2) is 4.98 Å². The van der Waals surface area contributed by atoms with Gasteiger partial charge in [-0.3, -0.25) is 4.79 Å². The van der Waals surface area contributed by atoms with Gasteiger partial charge in [-0.05, 0) is 48.2 Å². The molecule has 0 bridgehead atoms. The van der Waals surface area contributed by atoms with Crippen molar-refractivity contribution in [3.05, 3.63) is 82.3 Å². The molecule has 9 heteroatoms. The second-order valence-electron chi connectivity index (χ2n) is 8.69. The van der Waals surface area contributed by atoms with Gasteiger partial charge in [0, 0.05) is 48.3 Å². The lowest BCUT2D eigenvalue weighted by molar-refractivity contribution is -0.128. The van der Waals surface area contributed by atoms with Crippen LogP contribution < -0.4 is 0 Å². The van der Waals surface area contributed by atoms with Gasteiger partial charge >= 0.3 is 0 Å². The number of halogens is 1. The third-order valence-electron chi connectivity index (χ3n) is 5.79. The van der Waals surface area contributed by atoms with Crippen LogP contribution in [0.3, 0.4) is 0 Å². The molecule has 0 aliphatic heterocycles. The number of pyridine rings is 1. The number of carbonyl (C=O) groups is 1. The van der Waals surface area contributed by atoms with E-state index in [0.29, 0.717) is 11.4 Å². The Balaban J connectivity index is 1.47. The van der Waals surface area contributed by atoms with Crippen LogP contribution in [0.1, 0.15) is 47.2 Å². The van der Waals surface area contributed by atoms with Crippen molar-refractivity contribution in [2.45, 2.75) is 30.9 Å². The quantitative estimate of drug-likeness (QED) is 0.267. The van der Waals surface area contributed by atoms with Gasteiger partial charge < -0.3 is 4.90 Å². The van der Waals surface area contributed by atoms with Gasteiger partial charge in [-0.1, -0.05) is 59.3 Å².